The number of aromatic nitrogens is 2. The molecular weight excluding hydrogens is 394 g/mol. The maximum Gasteiger partial charge on any atom is 0.354 e. The summed E-state index contributed by atoms with van der Waals surface area (Å²) < 4.78 is 1.49. The Morgan fingerprint density at radius 2 is 1.71 bits per heavy atom. The van der Waals surface area contributed by atoms with Crippen LogP contribution in [0, 0.1) is 0 Å². The number of carbonyl (C=O) groups excluding carboxylic acids is 1. The van der Waals surface area contributed by atoms with Crippen LogP contribution in [0.2, 0.25) is 0 Å². The number of urea groups is 1. The fourth-order valence-corrected chi connectivity index (χ4v) is 3.96. The summed E-state index contributed by atoms with van der Waals surface area (Å²) in [5, 5.41) is 9.35. The first-order chi connectivity index (χ1) is 15.2. The Balaban J connectivity index is 1.35. The smallest absolute Gasteiger partial charge is 0.322 e. The number of benzene rings is 1. The summed E-state index contributed by atoms with van der Waals surface area (Å²) in [4.78, 5) is 33.1. The minimum Gasteiger partial charge on any atom is -0.322 e. The van der Waals surface area contributed by atoms with E-state index in [2.05, 4.69) is 38.0 Å². The molecule has 31 heavy (non-hydrogen) atoms. The monoisotopic (exact) mass is 425 g/mol. The van der Waals surface area contributed by atoms with Crippen molar-refractivity contribution in [1.82, 2.24) is 30.0 Å². The SMILES string of the molecule is O=C(Nc1ccn(-c2ccc(CCN3CCCNCC3)cc2)c(=O)n1)N1CCNCC1. The molecule has 4 rings (SSSR count). The lowest BCUT2D eigenvalue weighted by atomic mass is 10.1. The molecule has 0 radical (unpaired) electrons. The Bertz CT molecular complexity index is 914. The van der Waals surface area contributed by atoms with Crippen molar-refractivity contribution in [2.45, 2.75) is 12.8 Å². The van der Waals surface area contributed by atoms with Gasteiger partial charge in [-0.25, -0.2) is 9.59 Å². The first-order valence-corrected chi connectivity index (χ1v) is 11.1. The number of rotatable bonds is 5. The molecule has 2 saturated heterocycles. The zero-order valence-corrected chi connectivity index (χ0v) is 17.8. The third-order valence-corrected chi connectivity index (χ3v) is 5.81. The van der Waals surface area contributed by atoms with Crippen LogP contribution in [0.1, 0.15) is 12.0 Å². The van der Waals surface area contributed by atoms with Crippen molar-refractivity contribution in [3.05, 3.63) is 52.6 Å². The molecule has 0 bridgehead atoms. The van der Waals surface area contributed by atoms with Gasteiger partial charge in [-0.3, -0.25) is 9.88 Å². The number of hydrogen-bond acceptors (Lipinski definition) is 6. The van der Waals surface area contributed by atoms with E-state index in [1.807, 2.05) is 12.1 Å². The summed E-state index contributed by atoms with van der Waals surface area (Å²) in [6, 6.07) is 9.46. The highest BCUT2D eigenvalue weighted by Crippen LogP contribution is 2.11. The Morgan fingerprint density at radius 3 is 2.48 bits per heavy atom. The standard InChI is InChI=1S/C22H31N7O2/c30-21(28-16-10-24-11-17-28)25-20-7-14-29(22(31)26-20)19-4-2-18(3-5-19)6-13-27-12-1-8-23-9-15-27/h2-5,7,14,23-24H,1,6,8-13,15-17H2,(H,25,26,30,31). The highest BCUT2D eigenvalue weighted by molar-refractivity contribution is 5.88. The quantitative estimate of drug-likeness (QED) is 0.646. The maximum atomic E-state index is 12.5. The summed E-state index contributed by atoms with van der Waals surface area (Å²) in [6.07, 6.45) is 3.84. The molecule has 0 unspecified atom stereocenters. The Labute approximate surface area is 182 Å². The molecule has 9 nitrogen and oxygen atoms in total. The molecule has 1 aromatic carbocycles. The van der Waals surface area contributed by atoms with Crippen LogP contribution in [0.3, 0.4) is 0 Å². The molecule has 2 aliphatic rings. The average Bonchev–Trinajstić information content (AvgIpc) is 3.08. The van der Waals surface area contributed by atoms with Gasteiger partial charge in [0.15, 0.2) is 0 Å². The third kappa shape index (κ3) is 5.90. The van der Waals surface area contributed by atoms with Gasteiger partial charge in [0, 0.05) is 52.0 Å². The summed E-state index contributed by atoms with van der Waals surface area (Å²) in [6.45, 7) is 8.27. The van der Waals surface area contributed by atoms with Gasteiger partial charge >= 0.3 is 11.7 Å². The van der Waals surface area contributed by atoms with Crippen LogP contribution < -0.4 is 21.6 Å². The van der Waals surface area contributed by atoms with Crippen molar-refractivity contribution in [3.8, 4) is 5.69 Å². The maximum absolute atomic E-state index is 12.5. The van der Waals surface area contributed by atoms with Gasteiger partial charge in [-0.05, 0) is 49.7 Å². The van der Waals surface area contributed by atoms with Crippen LogP contribution in [0.15, 0.2) is 41.3 Å². The lowest BCUT2D eigenvalue weighted by Gasteiger charge is -2.27. The van der Waals surface area contributed by atoms with Gasteiger partial charge in [0.1, 0.15) is 5.82 Å². The summed E-state index contributed by atoms with van der Waals surface area (Å²) in [5.74, 6) is 0.272. The molecule has 0 spiro atoms. The van der Waals surface area contributed by atoms with E-state index in [4.69, 9.17) is 0 Å². The molecule has 9 heteroatoms. The fourth-order valence-electron chi connectivity index (χ4n) is 3.96. The van der Waals surface area contributed by atoms with E-state index in [1.54, 1.807) is 17.2 Å². The second kappa shape index (κ2) is 10.5. The van der Waals surface area contributed by atoms with Crippen LogP contribution in [-0.4, -0.2) is 84.3 Å². The second-order valence-electron chi connectivity index (χ2n) is 7.99. The molecular formula is C22H31N7O2. The number of anilines is 1. The van der Waals surface area contributed by atoms with Crippen molar-refractivity contribution >= 4 is 11.8 Å². The molecule has 3 heterocycles. The van der Waals surface area contributed by atoms with E-state index in [-0.39, 0.29) is 11.8 Å². The van der Waals surface area contributed by atoms with E-state index in [0.29, 0.717) is 13.1 Å². The first-order valence-electron chi connectivity index (χ1n) is 11.1. The van der Waals surface area contributed by atoms with E-state index in [9.17, 15) is 9.59 Å². The molecule has 1 aromatic heterocycles. The van der Waals surface area contributed by atoms with Crippen molar-refractivity contribution in [2.24, 2.45) is 0 Å². The molecule has 166 valence electrons. The Kier molecular flexibility index (Phi) is 7.29. The van der Waals surface area contributed by atoms with E-state index in [0.717, 1.165) is 57.9 Å². The number of nitrogens with one attached hydrogen (secondary N) is 3. The minimum absolute atomic E-state index is 0.226. The molecule has 2 aromatic rings. The number of carbonyl (C=O) groups is 1. The normalized spacial score (nSPS) is 17.9. The minimum atomic E-state index is -0.414. The van der Waals surface area contributed by atoms with Crippen molar-refractivity contribution < 1.29 is 4.79 Å². The van der Waals surface area contributed by atoms with Crippen LogP contribution in [0.5, 0.6) is 0 Å². The van der Waals surface area contributed by atoms with Gasteiger partial charge in [-0.2, -0.15) is 4.98 Å². The predicted octanol–water partition coefficient (Wildman–Crippen LogP) is 0.507. The molecule has 0 aliphatic carbocycles. The van der Waals surface area contributed by atoms with E-state index < -0.39 is 5.69 Å². The lowest BCUT2D eigenvalue weighted by molar-refractivity contribution is 0.204. The largest absolute Gasteiger partial charge is 0.354 e. The molecule has 2 fully saturated rings. The van der Waals surface area contributed by atoms with Gasteiger partial charge in [0.2, 0.25) is 0 Å². The average molecular weight is 426 g/mol. The topological polar surface area (TPSA) is 94.5 Å². The van der Waals surface area contributed by atoms with E-state index >= 15 is 0 Å². The van der Waals surface area contributed by atoms with Crippen molar-refractivity contribution in [3.63, 3.8) is 0 Å². The highest BCUT2D eigenvalue weighted by Gasteiger charge is 2.17. The zero-order valence-electron chi connectivity index (χ0n) is 17.8. The molecule has 3 N–H and O–H groups in total. The highest BCUT2D eigenvalue weighted by atomic mass is 16.2. The van der Waals surface area contributed by atoms with E-state index in [1.165, 1.54) is 16.6 Å². The van der Waals surface area contributed by atoms with Gasteiger partial charge in [-0.15, -0.1) is 0 Å². The van der Waals surface area contributed by atoms with Gasteiger partial charge < -0.3 is 20.4 Å². The number of nitrogens with zero attached hydrogens (tertiary/aromatic N) is 4. The molecule has 0 atom stereocenters. The predicted molar refractivity (Wildman–Crippen MR) is 121 cm³/mol. The van der Waals surface area contributed by atoms with Crippen LogP contribution in [0.25, 0.3) is 5.69 Å². The number of amides is 2. The lowest BCUT2D eigenvalue weighted by Crippen LogP contribution is -2.48. The van der Waals surface area contributed by atoms with Crippen LogP contribution in [-0.2, 0) is 6.42 Å². The van der Waals surface area contributed by atoms with Crippen LogP contribution in [0.4, 0.5) is 10.6 Å². The van der Waals surface area contributed by atoms with Gasteiger partial charge in [-0.1, -0.05) is 12.1 Å². The summed E-state index contributed by atoms with van der Waals surface area (Å²) >= 11 is 0. The molecule has 2 amide bonds. The van der Waals surface area contributed by atoms with Crippen molar-refractivity contribution in [1.29, 1.82) is 0 Å². The van der Waals surface area contributed by atoms with Gasteiger partial charge in [0.05, 0.1) is 5.69 Å². The summed E-state index contributed by atoms with van der Waals surface area (Å²) in [5.41, 5.74) is 1.60. The van der Waals surface area contributed by atoms with Crippen LogP contribution >= 0.6 is 0 Å². The third-order valence-electron chi connectivity index (χ3n) is 5.81. The Morgan fingerprint density at radius 1 is 0.968 bits per heavy atom. The van der Waals surface area contributed by atoms with Gasteiger partial charge in [0.25, 0.3) is 0 Å². The first kappa shape index (κ1) is 21.5. The molecule has 2 aliphatic heterocycles. The fraction of sp³-hybridized carbons (Fsp3) is 0.500. The van der Waals surface area contributed by atoms with Crippen molar-refractivity contribution in [2.75, 3.05) is 64.2 Å². The second-order valence-corrected chi connectivity index (χ2v) is 7.99. The zero-order chi connectivity index (χ0) is 21.5. The molecule has 0 saturated carbocycles. The number of hydrogen-bond donors (Lipinski definition) is 3. The Hall–Kier alpha value is -2.75. The summed E-state index contributed by atoms with van der Waals surface area (Å²) in [7, 11) is 0. The number of piperazine rings is 1.